The first kappa shape index (κ1) is 31.7. The number of carbonyl (C=O) groups excluding carboxylic acids is 3. The molecule has 2 aromatic carbocycles. The predicted molar refractivity (Wildman–Crippen MR) is 161 cm³/mol. The lowest BCUT2D eigenvalue weighted by Crippen LogP contribution is -2.56. The molecular weight excluding hydrogens is 642 g/mol. The van der Waals surface area contributed by atoms with Crippen LogP contribution in [0.15, 0.2) is 84.8 Å². The second kappa shape index (κ2) is 12.5. The number of hydrogen-bond acceptors (Lipinski definition) is 6. The van der Waals surface area contributed by atoms with Gasteiger partial charge in [0.2, 0.25) is 5.91 Å². The highest BCUT2D eigenvalue weighted by molar-refractivity contribution is 6.31. The van der Waals surface area contributed by atoms with Crippen LogP contribution >= 0.6 is 11.6 Å². The monoisotopic (exact) mass is 665 g/mol. The summed E-state index contributed by atoms with van der Waals surface area (Å²) in [5.41, 5.74) is -0.266. The van der Waals surface area contributed by atoms with Gasteiger partial charge < -0.3 is 10.1 Å². The molecule has 0 bridgehead atoms. The van der Waals surface area contributed by atoms with Crippen molar-refractivity contribution in [2.45, 2.75) is 49.4 Å². The standard InChI is InChI=1S/C33H24ClF4N5O4/c34-25-7-2-1-6-24(25)29(30(44)41-21-15-33(37,38)16-21)42(22-12-19(35)11-20(36)13-22)31(45)26-14-27(47-23-4-3-5-23)32(46)43(26)28-10-18(17-39)8-9-40-28/h1-13,21,26-27,29H,14-16H2,(H,41,44)/t26-,27+,29-/m0/s1. The number of allylic oxidation sites excluding steroid dienone is 3. The van der Waals surface area contributed by atoms with Crippen molar-refractivity contribution in [2.75, 3.05) is 9.80 Å². The molecule has 1 N–H and O–H groups in total. The molecule has 47 heavy (non-hydrogen) atoms. The van der Waals surface area contributed by atoms with Crippen LogP contribution in [-0.2, 0) is 19.1 Å². The van der Waals surface area contributed by atoms with Gasteiger partial charge in [-0.2, -0.15) is 5.26 Å². The van der Waals surface area contributed by atoms with Crippen LogP contribution in [0.1, 0.15) is 36.4 Å². The molecule has 14 heteroatoms. The molecule has 2 fully saturated rings. The topological polar surface area (TPSA) is 116 Å². The second-order valence-corrected chi connectivity index (χ2v) is 11.6. The van der Waals surface area contributed by atoms with Gasteiger partial charge in [-0.1, -0.05) is 35.9 Å². The molecule has 1 aromatic heterocycles. The highest BCUT2D eigenvalue weighted by Crippen LogP contribution is 2.40. The minimum atomic E-state index is -2.99. The lowest BCUT2D eigenvalue weighted by molar-refractivity contribution is -0.133. The molecule has 2 aliphatic carbocycles. The molecule has 3 amide bonds. The SMILES string of the molecule is N#Cc1ccnc(N2C(=O)[C@H](OC3=CC=C3)C[C@H]2C(=O)N(c2cc(F)cc(F)c2)[C@H](C(=O)NC2CC(F)(F)C2)c2ccccc2Cl)c1. The van der Waals surface area contributed by atoms with Gasteiger partial charge in [0.15, 0.2) is 6.10 Å². The molecule has 1 saturated heterocycles. The molecule has 0 radical (unpaired) electrons. The Balaban J connectivity index is 1.48. The maximum atomic E-state index is 14.8. The van der Waals surface area contributed by atoms with Gasteiger partial charge in [-0.25, -0.2) is 22.5 Å². The summed E-state index contributed by atoms with van der Waals surface area (Å²) in [6.07, 6.45) is 3.35. The third-order valence-corrected chi connectivity index (χ3v) is 8.32. The van der Waals surface area contributed by atoms with Crippen molar-refractivity contribution in [3.63, 3.8) is 0 Å². The van der Waals surface area contributed by atoms with E-state index in [1.807, 2.05) is 6.07 Å². The minimum Gasteiger partial charge on any atom is -0.480 e. The van der Waals surface area contributed by atoms with Crippen LogP contribution in [0.5, 0.6) is 0 Å². The highest BCUT2D eigenvalue weighted by atomic mass is 35.5. The fraction of sp³-hybridized carbons (Fsp3) is 0.242. The predicted octanol–water partition coefficient (Wildman–Crippen LogP) is 5.52. The number of alkyl halides is 2. The van der Waals surface area contributed by atoms with Gasteiger partial charge in [0, 0.05) is 48.2 Å². The van der Waals surface area contributed by atoms with E-state index in [0.717, 1.165) is 21.9 Å². The van der Waals surface area contributed by atoms with Crippen molar-refractivity contribution in [1.82, 2.24) is 10.3 Å². The van der Waals surface area contributed by atoms with E-state index in [1.54, 1.807) is 24.3 Å². The third kappa shape index (κ3) is 6.41. The number of ether oxygens (including phenoxy) is 1. The summed E-state index contributed by atoms with van der Waals surface area (Å²) >= 11 is 6.51. The summed E-state index contributed by atoms with van der Waals surface area (Å²) in [5.74, 6) is -7.51. The molecule has 3 aliphatic rings. The number of nitriles is 1. The Bertz CT molecular complexity index is 1850. The van der Waals surface area contributed by atoms with E-state index in [4.69, 9.17) is 16.3 Å². The van der Waals surface area contributed by atoms with Crippen LogP contribution in [0.4, 0.5) is 29.1 Å². The number of halogens is 5. The zero-order chi connectivity index (χ0) is 33.5. The smallest absolute Gasteiger partial charge is 0.270 e. The molecule has 9 nitrogen and oxygen atoms in total. The van der Waals surface area contributed by atoms with Crippen LogP contribution in [0, 0.1) is 23.0 Å². The Morgan fingerprint density at radius 3 is 2.45 bits per heavy atom. The van der Waals surface area contributed by atoms with E-state index in [0.29, 0.717) is 11.8 Å². The number of benzene rings is 2. The van der Waals surface area contributed by atoms with E-state index in [-0.39, 0.29) is 28.4 Å². The zero-order valence-electron chi connectivity index (χ0n) is 24.2. The number of aromatic nitrogens is 1. The van der Waals surface area contributed by atoms with Crippen LogP contribution in [0.2, 0.25) is 5.02 Å². The first-order chi connectivity index (χ1) is 22.4. The summed E-state index contributed by atoms with van der Waals surface area (Å²) in [7, 11) is 0. The van der Waals surface area contributed by atoms with Crippen LogP contribution in [-0.4, -0.2) is 46.8 Å². The van der Waals surface area contributed by atoms with Crippen molar-refractivity contribution in [3.8, 4) is 6.07 Å². The Kier molecular flexibility index (Phi) is 8.46. The molecule has 2 heterocycles. The Labute approximate surface area is 270 Å². The maximum Gasteiger partial charge on any atom is 0.270 e. The summed E-state index contributed by atoms with van der Waals surface area (Å²) in [6, 6.07) is 8.57. The molecule has 6 rings (SSSR count). The lowest BCUT2D eigenvalue weighted by atomic mass is 9.87. The van der Waals surface area contributed by atoms with Crippen molar-refractivity contribution in [3.05, 3.63) is 113 Å². The van der Waals surface area contributed by atoms with Crippen molar-refractivity contribution in [2.24, 2.45) is 0 Å². The van der Waals surface area contributed by atoms with Crippen molar-refractivity contribution < 1.29 is 36.7 Å². The van der Waals surface area contributed by atoms with E-state index in [2.05, 4.69) is 10.3 Å². The molecule has 0 unspecified atom stereocenters. The number of anilines is 2. The van der Waals surface area contributed by atoms with Gasteiger partial charge in [0.1, 0.15) is 35.3 Å². The fourth-order valence-electron chi connectivity index (χ4n) is 5.72. The fourth-order valence-corrected chi connectivity index (χ4v) is 5.96. The van der Waals surface area contributed by atoms with Crippen LogP contribution in [0.3, 0.4) is 0 Å². The van der Waals surface area contributed by atoms with E-state index < -0.39 is 78.0 Å². The molecule has 240 valence electrons. The summed E-state index contributed by atoms with van der Waals surface area (Å²) in [5, 5.41) is 12.0. The third-order valence-electron chi connectivity index (χ3n) is 7.97. The quantitative estimate of drug-likeness (QED) is 0.301. The van der Waals surface area contributed by atoms with Gasteiger partial charge in [0.05, 0.1) is 17.3 Å². The summed E-state index contributed by atoms with van der Waals surface area (Å²) < 4.78 is 62.7. The highest BCUT2D eigenvalue weighted by Gasteiger charge is 2.51. The summed E-state index contributed by atoms with van der Waals surface area (Å²) in [4.78, 5) is 48.6. The van der Waals surface area contributed by atoms with E-state index in [9.17, 15) is 37.2 Å². The Morgan fingerprint density at radius 2 is 1.83 bits per heavy atom. The van der Waals surface area contributed by atoms with Crippen LogP contribution < -0.4 is 15.1 Å². The first-order valence-electron chi connectivity index (χ1n) is 14.4. The van der Waals surface area contributed by atoms with Gasteiger partial charge in [-0.15, -0.1) is 0 Å². The van der Waals surface area contributed by atoms with E-state index in [1.165, 1.54) is 36.5 Å². The molecule has 0 spiro atoms. The number of nitrogens with one attached hydrogen (secondary N) is 1. The second-order valence-electron chi connectivity index (χ2n) is 11.2. The van der Waals surface area contributed by atoms with Crippen LogP contribution in [0.25, 0.3) is 0 Å². The Hall–Kier alpha value is -5.22. The number of hydrogen-bond donors (Lipinski definition) is 1. The van der Waals surface area contributed by atoms with Gasteiger partial charge in [-0.05, 0) is 42.5 Å². The van der Waals surface area contributed by atoms with Gasteiger partial charge in [-0.3, -0.25) is 24.2 Å². The van der Waals surface area contributed by atoms with Gasteiger partial charge >= 0.3 is 0 Å². The molecule has 3 aromatic rings. The minimum absolute atomic E-state index is 0.00563. The average molecular weight is 666 g/mol. The molecule has 1 saturated carbocycles. The van der Waals surface area contributed by atoms with Crippen molar-refractivity contribution >= 4 is 40.8 Å². The van der Waals surface area contributed by atoms with E-state index >= 15 is 0 Å². The summed E-state index contributed by atoms with van der Waals surface area (Å²) in [6.45, 7) is 0. The van der Waals surface area contributed by atoms with Gasteiger partial charge in [0.25, 0.3) is 17.7 Å². The largest absolute Gasteiger partial charge is 0.480 e. The number of nitrogens with zero attached hydrogens (tertiary/aromatic N) is 4. The Morgan fingerprint density at radius 1 is 1.13 bits per heavy atom. The number of carbonyl (C=O) groups is 3. The first-order valence-corrected chi connectivity index (χ1v) is 14.8. The number of amides is 3. The average Bonchev–Trinajstić information content (AvgIpc) is 3.32. The zero-order valence-corrected chi connectivity index (χ0v) is 25.0. The molecular formula is C33H24ClF4N5O4. The lowest BCUT2D eigenvalue weighted by Gasteiger charge is -2.39. The molecule has 3 atom stereocenters. The number of rotatable bonds is 9. The molecule has 1 aliphatic heterocycles. The number of pyridine rings is 1. The van der Waals surface area contributed by atoms with Crippen molar-refractivity contribution in [1.29, 1.82) is 5.26 Å². The maximum absolute atomic E-state index is 14.8. The normalized spacial score (nSPS) is 20.4.